The number of aromatic nitrogens is 1. The highest BCUT2D eigenvalue weighted by atomic mass is 35.5. The van der Waals surface area contributed by atoms with Crippen LogP contribution in [0.15, 0.2) is 24.3 Å². The van der Waals surface area contributed by atoms with E-state index in [0.717, 1.165) is 29.1 Å². The van der Waals surface area contributed by atoms with Crippen molar-refractivity contribution in [3.63, 3.8) is 0 Å². The van der Waals surface area contributed by atoms with E-state index in [9.17, 15) is 14.9 Å². The molecular weight excluding hydrogens is 448 g/mol. The van der Waals surface area contributed by atoms with Gasteiger partial charge in [-0.15, -0.1) is 0 Å². The quantitative estimate of drug-likeness (QED) is 0.327. The molecule has 11 heteroatoms. The largest absolute Gasteiger partial charge is 0.494 e. The molecule has 2 heterocycles. The normalized spacial score (nSPS) is 11.2. The topological polar surface area (TPSA) is 88.8 Å². The number of anilines is 1. The maximum absolute atomic E-state index is 13.3. The molecule has 0 saturated carbocycles. The van der Waals surface area contributed by atoms with Crippen LogP contribution in [0.25, 0.3) is 10.2 Å². The van der Waals surface area contributed by atoms with E-state index in [2.05, 4.69) is 23.7 Å². The summed E-state index contributed by atoms with van der Waals surface area (Å²) in [7, 11) is 1.55. The molecule has 0 radical (unpaired) electrons. The van der Waals surface area contributed by atoms with Gasteiger partial charge in [-0.25, -0.2) is 4.98 Å². The summed E-state index contributed by atoms with van der Waals surface area (Å²) < 4.78 is 6.11. The fourth-order valence-corrected chi connectivity index (χ4v) is 5.01. The molecule has 0 saturated heterocycles. The second-order valence-electron chi connectivity index (χ2n) is 6.30. The van der Waals surface area contributed by atoms with Crippen molar-refractivity contribution in [3.05, 3.63) is 44.3 Å². The number of amides is 1. The average Bonchev–Trinajstić information content (AvgIpc) is 3.39. The molecule has 0 atom stereocenters. The standard InChI is InChI=1S/C19H21ClN4O4S2/c1-4-22(5-2)10-11-23(18(25)14-8-9-15(29-14)24(26)27)19-21-16-13(28-3)7-6-12(20)17(16)30-19/h6-9H,4-5,10-11H2,1-3H3. The van der Waals surface area contributed by atoms with Gasteiger partial charge in [0, 0.05) is 19.2 Å². The number of nitro groups is 1. The molecule has 0 aliphatic carbocycles. The van der Waals surface area contributed by atoms with Gasteiger partial charge in [-0.05, 0) is 31.3 Å². The van der Waals surface area contributed by atoms with Crippen LogP contribution in [-0.2, 0) is 0 Å². The van der Waals surface area contributed by atoms with Crippen molar-refractivity contribution in [2.24, 2.45) is 0 Å². The average molecular weight is 469 g/mol. The zero-order chi connectivity index (χ0) is 21.8. The Balaban J connectivity index is 2.02. The first-order valence-electron chi connectivity index (χ1n) is 9.31. The van der Waals surface area contributed by atoms with Gasteiger partial charge in [0.1, 0.15) is 11.3 Å². The molecule has 3 aromatic rings. The SMILES string of the molecule is CCN(CC)CCN(C(=O)c1ccc([N+](=O)[O-])s1)c1nc2c(OC)ccc(Cl)c2s1. The minimum Gasteiger partial charge on any atom is -0.494 e. The molecule has 1 aromatic carbocycles. The van der Waals surface area contributed by atoms with Gasteiger partial charge in [0.2, 0.25) is 0 Å². The second kappa shape index (κ2) is 9.69. The lowest BCUT2D eigenvalue weighted by atomic mass is 10.3. The molecule has 8 nitrogen and oxygen atoms in total. The van der Waals surface area contributed by atoms with Crippen LogP contribution in [0.5, 0.6) is 5.75 Å². The van der Waals surface area contributed by atoms with E-state index in [1.54, 1.807) is 24.1 Å². The van der Waals surface area contributed by atoms with Crippen LogP contribution in [0.4, 0.5) is 10.1 Å². The number of carbonyl (C=O) groups excluding carboxylic acids is 1. The van der Waals surface area contributed by atoms with Crippen LogP contribution in [0.2, 0.25) is 5.02 Å². The van der Waals surface area contributed by atoms with E-state index in [-0.39, 0.29) is 10.9 Å². The molecule has 0 aliphatic rings. The third-order valence-corrected chi connectivity index (χ3v) is 7.22. The van der Waals surface area contributed by atoms with Crippen molar-refractivity contribution < 1.29 is 14.5 Å². The van der Waals surface area contributed by atoms with Crippen molar-refractivity contribution in [3.8, 4) is 5.75 Å². The highest BCUT2D eigenvalue weighted by molar-refractivity contribution is 7.23. The summed E-state index contributed by atoms with van der Waals surface area (Å²) in [6.07, 6.45) is 0. The van der Waals surface area contributed by atoms with Crippen molar-refractivity contribution in [2.75, 3.05) is 38.2 Å². The predicted molar refractivity (Wildman–Crippen MR) is 122 cm³/mol. The highest BCUT2D eigenvalue weighted by Crippen LogP contribution is 2.39. The van der Waals surface area contributed by atoms with E-state index < -0.39 is 4.92 Å². The Morgan fingerprint density at radius 1 is 1.20 bits per heavy atom. The lowest BCUT2D eigenvalue weighted by Crippen LogP contribution is -2.38. The molecular formula is C19H21ClN4O4S2. The van der Waals surface area contributed by atoms with Gasteiger partial charge in [-0.3, -0.25) is 19.8 Å². The summed E-state index contributed by atoms with van der Waals surface area (Å²) in [5.41, 5.74) is 0.586. The summed E-state index contributed by atoms with van der Waals surface area (Å²) in [5, 5.41) is 12.0. The van der Waals surface area contributed by atoms with Gasteiger partial charge in [0.15, 0.2) is 5.13 Å². The number of ether oxygens (including phenoxy) is 1. The Morgan fingerprint density at radius 2 is 1.93 bits per heavy atom. The van der Waals surface area contributed by atoms with E-state index in [1.807, 2.05) is 0 Å². The van der Waals surface area contributed by atoms with Crippen molar-refractivity contribution >= 4 is 60.5 Å². The van der Waals surface area contributed by atoms with Crippen molar-refractivity contribution in [2.45, 2.75) is 13.8 Å². The number of rotatable bonds is 9. The van der Waals surface area contributed by atoms with Crippen LogP contribution in [0, 0.1) is 10.1 Å². The first kappa shape index (κ1) is 22.4. The van der Waals surface area contributed by atoms with Crippen molar-refractivity contribution in [1.82, 2.24) is 9.88 Å². The van der Waals surface area contributed by atoms with Gasteiger partial charge in [-0.1, -0.05) is 48.1 Å². The summed E-state index contributed by atoms with van der Waals surface area (Å²) >= 11 is 8.50. The fourth-order valence-electron chi connectivity index (χ4n) is 2.96. The molecule has 0 spiro atoms. The van der Waals surface area contributed by atoms with E-state index >= 15 is 0 Å². The maximum atomic E-state index is 13.3. The van der Waals surface area contributed by atoms with Gasteiger partial charge in [0.25, 0.3) is 5.91 Å². The molecule has 160 valence electrons. The number of fused-ring (bicyclic) bond motifs is 1. The number of thiophene rings is 1. The molecule has 3 rings (SSSR count). The molecule has 1 amide bonds. The number of carbonyl (C=O) groups is 1. The van der Waals surface area contributed by atoms with Crippen LogP contribution in [-0.4, -0.2) is 54.0 Å². The Morgan fingerprint density at radius 3 is 2.53 bits per heavy atom. The molecule has 0 aliphatic heterocycles. The fraction of sp³-hybridized carbons (Fsp3) is 0.368. The van der Waals surface area contributed by atoms with E-state index in [4.69, 9.17) is 16.3 Å². The minimum atomic E-state index is -0.496. The lowest BCUT2D eigenvalue weighted by Gasteiger charge is -2.24. The number of nitrogens with zero attached hydrogens (tertiary/aromatic N) is 4. The Bertz CT molecular complexity index is 1060. The predicted octanol–water partition coefficient (Wildman–Crippen LogP) is 4.92. The number of thiazole rings is 1. The first-order chi connectivity index (χ1) is 14.4. The van der Waals surface area contributed by atoms with E-state index in [1.165, 1.54) is 23.5 Å². The van der Waals surface area contributed by atoms with Gasteiger partial charge >= 0.3 is 5.00 Å². The Kier molecular flexibility index (Phi) is 7.24. The number of halogens is 1. The zero-order valence-electron chi connectivity index (χ0n) is 16.8. The molecule has 30 heavy (non-hydrogen) atoms. The van der Waals surface area contributed by atoms with Gasteiger partial charge < -0.3 is 9.64 Å². The number of likely N-dealkylation sites (N-methyl/N-ethyl adjacent to an activating group) is 1. The summed E-state index contributed by atoms with van der Waals surface area (Å²) in [6.45, 7) is 6.85. The molecule has 0 fully saturated rings. The number of methoxy groups -OCH3 is 1. The highest BCUT2D eigenvalue weighted by Gasteiger charge is 2.26. The lowest BCUT2D eigenvalue weighted by molar-refractivity contribution is -0.380. The van der Waals surface area contributed by atoms with Crippen LogP contribution in [0.1, 0.15) is 23.5 Å². The van der Waals surface area contributed by atoms with Gasteiger partial charge in [-0.2, -0.15) is 0 Å². The zero-order valence-corrected chi connectivity index (χ0v) is 19.1. The third kappa shape index (κ3) is 4.56. The monoisotopic (exact) mass is 468 g/mol. The molecule has 0 N–H and O–H groups in total. The van der Waals surface area contributed by atoms with Crippen LogP contribution >= 0.6 is 34.3 Å². The van der Waals surface area contributed by atoms with Crippen LogP contribution in [0.3, 0.4) is 0 Å². The summed E-state index contributed by atoms with van der Waals surface area (Å²) in [5.74, 6) is 0.245. The Labute approximate surface area is 186 Å². The van der Waals surface area contributed by atoms with E-state index in [0.29, 0.717) is 39.4 Å². The smallest absolute Gasteiger partial charge is 0.324 e. The van der Waals surface area contributed by atoms with Crippen molar-refractivity contribution in [1.29, 1.82) is 0 Å². The number of hydrogen-bond acceptors (Lipinski definition) is 8. The van der Waals surface area contributed by atoms with Gasteiger partial charge in [0.05, 0.1) is 26.6 Å². The Hall–Kier alpha value is -2.27. The molecule has 0 bridgehead atoms. The summed E-state index contributed by atoms with van der Waals surface area (Å²) in [4.78, 5) is 32.5. The second-order valence-corrected chi connectivity index (χ2v) is 8.75. The van der Waals surface area contributed by atoms with Crippen LogP contribution < -0.4 is 9.64 Å². The minimum absolute atomic E-state index is 0.0731. The number of benzene rings is 1. The number of hydrogen-bond donors (Lipinski definition) is 0. The summed E-state index contributed by atoms with van der Waals surface area (Å²) in [6, 6.07) is 6.30. The third-order valence-electron chi connectivity index (χ3n) is 4.66. The molecule has 0 unspecified atom stereocenters. The maximum Gasteiger partial charge on any atom is 0.324 e. The first-order valence-corrected chi connectivity index (χ1v) is 11.3. The molecule has 2 aromatic heterocycles.